The summed E-state index contributed by atoms with van der Waals surface area (Å²) in [7, 11) is 0. The molecule has 0 spiro atoms. The number of carbonyl (C=O) groups is 2. The number of aliphatic carboxylic acids is 1. The molecule has 0 radical (unpaired) electrons. The Morgan fingerprint density at radius 2 is 1.91 bits per heavy atom. The Kier molecular flexibility index (Phi) is 4.69. The fraction of sp³-hybridized carbons (Fsp3) is 0.579. The van der Waals surface area contributed by atoms with Gasteiger partial charge in [0.05, 0.1) is 11.8 Å². The van der Waals surface area contributed by atoms with E-state index in [0.29, 0.717) is 19.4 Å². The standard InChI is InChI=1S/C19H25NO3/c1-2-13-9-10-17-14(12-13)6-5-11-20(17)18(21)15-7-3-4-8-16(15)19(22)23/h9-10,12,15-16H,2-8,11H2,1H3,(H,22,23). The molecule has 1 aromatic carbocycles. The van der Waals surface area contributed by atoms with Crippen molar-refractivity contribution < 1.29 is 14.7 Å². The van der Waals surface area contributed by atoms with Crippen molar-refractivity contribution in [3.05, 3.63) is 29.3 Å². The van der Waals surface area contributed by atoms with Gasteiger partial charge in [0.15, 0.2) is 0 Å². The molecule has 4 nitrogen and oxygen atoms in total. The average molecular weight is 315 g/mol. The molecule has 2 atom stereocenters. The van der Waals surface area contributed by atoms with E-state index in [-0.39, 0.29) is 11.8 Å². The summed E-state index contributed by atoms with van der Waals surface area (Å²) in [4.78, 5) is 26.4. The summed E-state index contributed by atoms with van der Waals surface area (Å²) in [6, 6.07) is 6.33. The molecule has 1 aliphatic heterocycles. The van der Waals surface area contributed by atoms with Crippen LogP contribution in [0.3, 0.4) is 0 Å². The van der Waals surface area contributed by atoms with Gasteiger partial charge in [0, 0.05) is 12.2 Å². The van der Waals surface area contributed by atoms with Crippen LogP contribution in [-0.4, -0.2) is 23.5 Å². The third-order valence-electron chi connectivity index (χ3n) is 5.34. The SMILES string of the molecule is CCc1ccc2c(c1)CCCN2C(=O)C1CCCCC1C(=O)O. The third-order valence-corrected chi connectivity index (χ3v) is 5.34. The van der Waals surface area contributed by atoms with Crippen LogP contribution < -0.4 is 4.90 Å². The summed E-state index contributed by atoms with van der Waals surface area (Å²) in [6.07, 6.45) is 6.14. The van der Waals surface area contributed by atoms with Gasteiger partial charge >= 0.3 is 5.97 Å². The van der Waals surface area contributed by atoms with Gasteiger partial charge in [-0.25, -0.2) is 0 Å². The van der Waals surface area contributed by atoms with E-state index in [0.717, 1.165) is 37.8 Å². The fourth-order valence-electron chi connectivity index (χ4n) is 4.02. The van der Waals surface area contributed by atoms with Crippen LogP contribution in [0.1, 0.15) is 50.2 Å². The number of hydrogen-bond acceptors (Lipinski definition) is 2. The normalized spacial score (nSPS) is 24.1. The van der Waals surface area contributed by atoms with E-state index in [1.165, 1.54) is 11.1 Å². The molecule has 124 valence electrons. The number of carbonyl (C=O) groups excluding carboxylic acids is 1. The molecule has 2 aliphatic rings. The number of benzene rings is 1. The first-order valence-electron chi connectivity index (χ1n) is 8.77. The predicted molar refractivity (Wildman–Crippen MR) is 89.6 cm³/mol. The first kappa shape index (κ1) is 16.0. The Bertz CT molecular complexity index is 611. The number of rotatable bonds is 3. The Balaban J connectivity index is 1.87. The maximum absolute atomic E-state index is 13.0. The van der Waals surface area contributed by atoms with Gasteiger partial charge in [0.2, 0.25) is 5.91 Å². The van der Waals surface area contributed by atoms with Crippen molar-refractivity contribution in [1.29, 1.82) is 0 Å². The van der Waals surface area contributed by atoms with Crippen molar-refractivity contribution >= 4 is 17.6 Å². The summed E-state index contributed by atoms with van der Waals surface area (Å²) in [6.45, 7) is 2.84. The molecule has 23 heavy (non-hydrogen) atoms. The first-order valence-corrected chi connectivity index (χ1v) is 8.77. The Hall–Kier alpha value is -1.84. The van der Waals surface area contributed by atoms with Gasteiger partial charge in [-0.05, 0) is 49.3 Å². The monoisotopic (exact) mass is 315 g/mol. The van der Waals surface area contributed by atoms with Gasteiger partial charge in [-0.15, -0.1) is 0 Å². The predicted octanol–water partition coefficient (Wildman–Crippen LogP) is 3.42. The molecule has 3 rings (SSSR count). The molecule has 2 unspecified atom stereocenters. The van der Waals surface area contributed by atoms with Gasteiger partial charge in [0.1, 0.15) is 0 Å². The summed E-state index contributed by atoms with van der Waals surface area (Å²) < 4.78 is 0. The molecule has 1 aliphatic carbocycles. The van der Waals surface area contributed by atoms with E-state index >= 15 is 0 Å². The number of aryl methyl sites for hydroxylation is 2. The largest absolute Gasteiger partial charge is 0.481 e. The zero-order valence-corrected chi connectivity index (χ0v) is 13.8. The molecule has 0 aromatic heterocycles. The molecule has 0 bridgehead atoms. The second kappa shape index (κ2) is 6.73. The maximum atomic E-state index is 13.0. The minimum atomic E-state index is -0.818. The quantitative estimate of drug-likeness (QED) is 0.930. The van der Waals surface area contributed by atoms with Gasteiger partial charge in [-0.2, -0.15) is 0 Å². The van der Waals surface area contributed by atoms with Gasteiger partial charge in [-0.3, -0.25) is 9.59 Å². The van der Waals surface area contributed by atoms with Crippen LogP contribution in [-0.2, 0) is 22.4 Å². The van der Waals surface area contributed by atoms with E-state index < -0.39 is 11.9 Å². The number of anilines is 1. The fourth-order valence-corrected chi connectivity index (χ4v) is 4.02. The minimum Gasteiger partial charge on any atom is -0.481 e. The number of hydrogen-bond donors (Lipinski definition) is 1. The van der Waals surface area contributed by atoms with Crippen molar-refractivity contribution in [2.75, 3.05) is 11.4 Å². The van der Waals surface area contributed by atoms with Crippen LogP contribution in [0, 0.1) is 11.8 Å². The van der Waals surface area contributed by atoms with Crippen LogP contribution >= 0.6 is 0 Å². The molecule has 1 aromatic rings. The highest BCUT2D eigenvalue weighted by atomic mass is 16.4. The van der Waals surface area contributed by atoms with E-state index in [2.05, 4.69) is 19.1 Å². The van der Waals surface area contributed by atoms with Gasteiger partial charge in [-0.1, -0.05) is 31.9 Å². The highest BCUT2D eigenvalue weighted by molar-refractivity contribution is 5.98. The lowest BCUT2D eigenvalue weighted by molar-refractivity contribution is -0.148. The van der Waals surface area contributed by atoms with Crippen molar-refractivity contribution in [1.82, 2.24) is 0 Å². The van der Waals surface area contributed by atoms with Crippen LogP contribution in [0.25, 0.3) is 0 Å². The van der Waals surface area contributed by atoms with E-state index in [1.807, 2.05) is 11.0 Å². The van der Waals surface area contributed by atoms with Crippen LogP contribution in [0.5, 0.6) is 0 Å². The second-order valence-electron chi connectivity index (χ2n) is 6.75. The highest BCUT2D eigenvalue weighted by Crippen LogP contribution is 2.35. The Labute approximate surface area is 137 Å². The topological polar surface area (TPSA) is 57.6 Å². The number of carboxylic acid groups (broad SMARTS) is 1. The first-order chi connectivity index (χ1) is 11.1. The molecular weight excluding hydrogens is 290 g/mol. The molecule has 1 saturated carbocycles. The number of amides is 1. The molecule has 1 amide bonds. The van der Waals surface area contributed by atoms with Crippen LogP contribution in [0.2, 0.25) is 0 Å². The molecule has 1 fully saturated rings. The minimum absolute atomic E-state index is 0.0160. The van der Waals surface area contributed by atoms with Crippen LogP contribution in [0.4, 0.5) is 5.69 Å². The van der Waals surface area contributed by atoms with E-state index in [1.54, 1.807) is 0 Å². The number of nitrogens with zero attached hydrogens (tertiary/aromatic N) is 1. The van der Waals surface area contributed by atoms with Crippen molar-refractivity contribution in [3.8, 4) is 0 Å². The van der Waals surface area contributed by atoms with Crippen LogP contribution in [0.15, 0.2) is 18.2 Å². The molecule has 0 saturated heterocycles. The lowest BCUT2D eigenvalue weighted by atomic mass is 9.78. The molecule has 1 N–H and O–H groups in total. The number of carboxylic acids is 1. The third kappa shape index (κ3) is 3.12. The lowest BCUT2D eigenvalue weighted by Crippen LogP contribution is -2.44. The van der Waals surface area contributed by atoms with Gasteiger partial charge in [0.25, 0.3) is 0 Å². The zero-order valence-electron chi connectivity index (χ0n) is 13.8. The summed E-state index contributed by atoms with van der Waals surface area (Å²) in [5.74, 6) is -1.68. The average Bonchev–Trinajstić information content (AvgIpc) is 2.60. The van der Waals surface area contributed by atoms with E-state index in [9.17, 15) is 14.7 Å². The van der Waals surface area contributed by atoms with Gasteiger partial charge < -0.3 is 10.0 Å². The molecule has 1 heterocycles. The maximum Gasteiger partial charge on any atom is 0.307 e. The van der Waals surface area contributed by atoms with Crippen molar-refractivity contribution in [2.24, 2.45) is 11.8 Å². The second-order valence-corrected chi connectivity index (χ2v) is 6.75. The summed E-state index contributed by atoms with van der Waals surface area (Å²) in [5.41, 5.74) is 3.51. The smallest absolute Gasteiger partial charge is 0.307 e. The molecular formula is C19H25NO3. The Morgan fingerprint density at radius 3 is 2.61 bits per heavy atom. The molecule has 4 heteroatoms. The number of fused-ring (bicyclic) bond motifs is 1. The zero-order chi connectivity index (χ0) is 16.4. The Morgan fingerprint density at radius 1 is 1.17 bits per heavy atom. The highest BCUT2D eigenvalue weighted by Gasteiger charge is 2.39. The lowest BCUT2D eigenvalue weighted by Gasteiger charge is -2.36. The summed E-state index contributed by atoms with van der Waals surface area (Å²) in [5, 5.41) is 9.45. The van der Waals surface area contributed by atoms with Crippen molar-refractivity contribution in [3.63, 3.8) is 0 Å². The van der Waals surface area contributed by atoms with E-state index in [4.69, 9.17) is 0 Å². The summed E-state index contributed by atoms with van der Waals surface area (Å²) >= 11 is 0. The van der Waals surface area contributed by atoms with Crippen molar-refractivity contribution in [2.45, 2.75) is 51.9 Å².